The van der Waals surface area contributed by atoms with Gasteiger partial charge in [0.2, 0.25) is 0 Å². The van der Waals surface area contributed by atoms with E-state index >= 15 is 0 Å². The van der Waals surface area contributed by atoms with E-state index in [9.17, 15) is 4.79 Å². The second-order valence-corrected chi connectivity index (χ2v) is 5.88. The summed E-state index contributed by atoms with van der Waals surface area (Å²) in [5.74, 6) is 0.970. The van der Waals surface area contributed by atoms with Gasteiger partial charge in [0.05, 0.1) is 10.0 Å². The molecule has 0 atom stereocenters. The van der Waals surface area contributed by atoms with E-state index in [1.54, 1.807) is 18.2 Å². The first-order valence-corrected chi connectivity index (χ1v) is 7.44. The van der Waals surface area contributed by atoms with Gasteiger partial charge in [0.25, 0.3) is 0 Å². The second kappa shape index (κ2) is 6.97. The monoisotopic (exact) mass is 322 g/mol. The fourth-order valence-electron chi connectivity index (χ4n) is 1.87. The van der Waals surface area contributed by atoms with Crippen molar-refractivity contribution in [2.45, 2.75) is 19.8 Å². The first-order chi connectivity index (χ1) is 9.97. The van der Waals surface area contributed by atoms with E-state index in [1.807, 2.05) is 24.3 Å². The molecule has 0 radical (unpaired) electrons. The minimum atomic E-state index is -0.136. The van der Waals surface area contributed by atoms with E-state index in [4.69, 9.17) is 27.9 Å². The lowest BCUT2D eigenvalue weighted by molar-refractivity contribution is 0.0921. The molecule has 2 aromatic rings. The number of halogens is 2. The molecule has 0 aliphatic carbocycles. The third-order valence-corrected chi connectivity index (χ3v) is 3.88. The normalized spacial score (nSPS) is 10.7. The van der Waals surface area contributed by atoms with Crippen LogP contribution < -0.4 is 4.74 Å². The number of rotatable bonds is 5. The molecular weight excluding hydrogens is 307 g/mol. The number of benzene rings is 2. The molecule has 0 saturated carbocycles. The van der Waals surface area contributed by atoms with E-state index in [-0.39, 0.29) is 12.4 Å². The molecule has 4 heteroatoms. The summed E-state index contributed by atoms with van der Waals surface area (Å²) in [6.07, 6.45) is 0. The first-order valence-electron chi connectivity index (χ1n) is 6.68. The Morgan fingerprint density at radius 1 is 1.10 bits per heavy atom. The quantitative estimate of drug-likeness (QED) is 0.691. The van der Waals surface area contributed by atoms with E-state index < -0.39 is 0 Å². The van der Waals surface area contributed by atoms with Crippen molar-refractivity contribution in [2.24, 2.45) is 0 Å². The van der Waals surface area contributed by atoms with Crippen LogP contribution in [0.3, 0.4) is 0 Å². The molecule has 21 heavy (non-hydrogen) atoms. The Morgan fingerprint density at radius 2 is 1.86 bits per heavy atom. The molecule has 2 aromatic carbocycles. The minimum Gasteiger partial charge on any atom is -0.485 e. The van der Waals surface area contributed by atoms with Gasteiger partial charge in [0, 0.05) is 5.56 Å². The van der Waals surface area contributed by atoms with Crippen molar-refractivity contribution in [1.82, 2.24) is 0 Å². The van der Waals surface area contributed by atoms with E-state index in [2.05, 4.69) is 13.8 Å². The average Bonchev–Trinajstić information content (AvgIpc) is 2.48. The highest BCUT2D eigenvalue weighted by Crippen LogP contribution is 2.23. The zero-order valence-corrected chi connectivity index (χ0v) is 13.4. The molecule has 0 saturated heterocycles. The molecule has 0 unspecified atom stereocenters. The van der Waals surface area contributed by atoms with Crippen molar-refractivity contribution < 1.29 is 9.53 Å². The third-order valence-electron chi connectivity index (χ3n) is 3.14. The molecule has 2 nitrogen and oxygen atoms in total. The zero-order valence-electron chi connectivity index (χ0n) is 11.9. The van der Waals surface area contributed by atoms with Gasteiger partial charge in [-0.1, -0.05) is 49.2 Å². The summed E-state index contributed by atoms with van der Waals surface area (Å²) >= 11 is 11.7. The fraction of sp³-hybridized carbons (Fsp3) is 0.235. The number of ketones is 1. The van der Waals surface area contributed by atoms with Crippen LogP contribution in [0.1, 0.15) is 35.7 Å². The molecule has 0 aliphatic rings. The topological polar surface area (TPSA) is 26.3 Å². The summed E-state index contributed by atoms with van der Waals surface area (Å²) in [5, 5.41) is 0.795. The predicted molar refractivity (Wildman–Crippen MR) is 86.8 cm³/mol. The van der Waals surface area contributed by atoms with Crippen LogP contribution in [0.2, 0.25) is 10.0 Å². The van der Waals surface area contributed by atoms with Gasteiger partial charge in [-0.2, -0.15) is 0 Å². The summed E-state index contributed by atoms with van der Waals surface area (Å²) in [6.45, 7) is 4.19. The molecule has 0 spiro atoms. The Balaban J connectivity index is 2.03. The highest BCUT2D eigenvalue weighted by molar-refractivity contribution is 6.42. The van der Waals surface area contributed by atoms with Crippen LogP contribution in [0.5, 0.6) is 5.75 Å². The largest absolute Gasteiger partial charge is 0.485 e. The van der Waals surface area contributed by atoms with E-state index in [1.165, 1.54) is 5.56 Å². The lowest BCUT2D eigenvalue weighted by Crippen LogP contribution is -2.11. The second-order valence-electron chi connectivity index (χ2n) is 5.07. The van der Waals surface area contributed by atoms with Crippen LogP contribution in [0.25, 0.3) is 0 Å². The van der Waals surface area contributed by atoms with Gasteiger partial charge in [-0.3, -0.25) is 4.79 Å². The van der Waals surface area contributed by atoms with Gasteiger partial charge in [-0.15, -0.1) is 0 Å². The number of hydrogen-bond donors (Lipinski definition) is 0. The van der Waals surface area contributed by atoms with Crippen molar-refractivity contribution in [3.63, 3.8) is 0 Å². The van der Waals surface area contributed by atoms with Crippen molar-refractivity contribution in [1.29, 1.82) is 0 Å². The highest BCUT2D eigenvalue weighted by Gasteiger charge is 2.09. The summed E-state index contributed by atoms with van der Waals surface area (Å²) in [7, 11) is 0. The van der Waals surface area contributed by atoms with Crippen LogP contribution >= 0.6 is 23.2 Å². The molecule has 110 valence electrons. The molecule has 0 fully saturated rings. The van der Waals surface area contributed by atoms with Crippen LogP contribution in [-0.4, -0.2) is 12.4 Å². The van der Waals surface area contributed by atoms with Crippen molar-refractivity contribution in [3.8, 4) is 5.75 Å². The maximum Gasteiger partial charge on any atom is 0.200 e. The highest BCUT2D eigenvalue weighted by atomic mass is 35.5. The van der Waals surface area contributed by atoms with Crippen LogP contribution in [-0.2, 0) is 0 Å². The number of carbonyl (C=O) groups excluding carboxylic acids is 1. The Bertz CT molecular complexity index is 651. The van der Waals surface area contributed by atoms with Crippen molar-refractivity contribution in [3.05, 3.63) is 63.6 Å². The van der Waals surface area contributed by atoms with Gasteiger partial charge >= 0.3 is 0 Å². The van der Waals surface area contributed by atoms with Gasteiger partial charge in [0.1, 0.15) is 5.75 Å². The van der Waals surface area contributed by atoms with Crippen molar-refractivity contribution >= 4 is 29.0 Å². The summed E-state index contributed by atoms with van der Waals surface area (Å²) in [5.41, 5.74) is 1.67. The standard InChI is InChI=1S/C17H16Cl2O2/c1-11(2)12-4-3-5-14(8-12)21-10-17(20)13-6-7-15(18)16(19)9-13/h3-9,11H,10H2,1-2H3. The zero-order chi connectivity index (χ0) is 15.4. The lowest BCUT2D eigenvalue weighted by atomic mass is 10.0. The molecule has 0 aromatic heterocycles. The van der Waals surface area contributed by atoms with Crippen molar-refractivity contribution in [2.75, 3.05) is 6.61 Å². The molecular formula is C17H16Cl2O2. The van der Waals surface area contributed by atoms with Gasteiger partial charge in [-0.25, -0.2) is 0 Å². The fourth-order valence-corrected chi connectivity index (χ4v) is 2.16. The summed E-state index contributed by atoms with van der Waals surface area (Å²) < 4.78 is 5.56. The lowest BCUT2D eigenvalue weighted by Gasteiger charge is -2.10. The number of Topliss-reactive ketones (excluding diaryl/α,β-unsaturated/α-hetero) is 1. The first kappa shape index (κ1) is 15.9. The molecule has 0 bridgehead atoms. The third kappa shape index (κ3) is 4.23. The Kier molecular flexibility index (Phi) is 5.27. The van der Waals surface area contributed by atoms with Crippen LogP contribution in [0.15, 0.2) is 42.5 Å². The minimum absolute atomic E-state index is 0.0283. The van der Waals surface area contributed by atoms with Gasteiger partial charge in [0.15, 0.2) is 12.4 Å². The van der Waals surface area contributed by atoms with Gasteiger partial charge in [-0.05, 0) is 41.8 Å². The van der Waals surface area contributed by atoms with Crippen LogP contribution in [0.4, 0.5) is 0 Å². The van der Waals surface area contributed by atoms with E-state index in [0.29, 0.717) is 27.3 Å². The maximum atomic E-state index is 12.1. The molecule has 2 rings (SSSR count). The predicted octanol–water partition coefficient (Wildman–Crippen LogP) is 5.38. The SMILES string of the molecule is CC(C)c1cccc(OCC(=O)c2ccc(Cl)c(Cl)c2)c1. The van der Waals surface area contributed by atoms with Crippen LogP contribution in [0, 0.1) is 0 Å². The smallest absolute Gasteiger partial charge is 0.200 e. The van der Waals surface area contributed by atoms with E-state index in [0.717, 1.165) is 0 Å². The Hall–Kier alpha value is -1.51. The maximum absolute atomic E-state index is 12.1. The number of hydrogen-bond acceptors (Lipinski definition) is 2. The average molecular weight is 323 g/mol. The molecule has 0 heterocycles. The summed E-state index contributed by atoms with van der Waals surface area (Å²) in [4.78, 5) is 12.1. The molecule has 0 aliphatic heterocycles. The number of carbonyl (C=O) groups is 1. The Labute approximate surface area is 134 Å². The number of ether oxygens (including phenoxy) is 1. The molecule has 0 N–H and O–H groups in total. The summed E-state index contributed by atoms with van der Waals surface area (Å²) in [6, 6.07) is 12.6. The van der Waals surface area contributed by atoms with Gasteiger partial charge < -0.3 is 4.74 Å². The Morgan fingerprint density at radius 3 is 2.52 bits per heavy atom. The molecule has 0 amide bonds.